The maximum atomic E-state index is 10.7. The molecule has 1 aliphatic heterocycles. The van der Waals surface area contributed by atoms with Crippen molar-refractivity contribution in [1.29, 1.82) is 0 Å². The van der Waals surface area contributed by atoms with Crippen molar-refractivity contribution in [2.45, 2.75) is 25.8 Å². The lowest BCUT2D eigenvalue weighted by atomic mass is 10.1. The van der Waals surface area contributed by atoms with E-state index in [1.807, 2.05) is 0 Å². The maximum absolute atomic E-state index is 10.7. The van der Waals surface area contributed by atoms with Crippen molar-refractivity contribution in [3.05, 3.63) is 0 Å². The quantitative estimate of drug-likeness (QED) is 0.667. The molecule has 0 aromatic rings. The third-order valence-corrected chi connectivity index (χ3v) is 2.56. The van der Waals surface area contributed by atoms with Gasteiger partial charge >= 0.3 is 0 Å². The Morgan fingerprint density at radius 1 is 1.55 bits per heavy atom. The summed E-state index contributed by atoms with van der Waals surface area (Å²) in [6.07, 6.45) is 2.09. The zero-order valence-corrected chi connectivity index (χ0v) is 8.23. The summed E-state index contributed by atoms with van der Waals surface area (Å²) < 4.78 is 2.10. The number of nitrogens with one attached hydrogen (secondary N) is 1. The van der Waals surface area contributed by atoms with Gasteiger partial charge in [0.25, 0.3) is 0 Å². The summed E-state index contributed by atoms with van der Waals surface area (Å²) in [6, 6.07) is 0.390. The van der Waals surface area contributed by atoms with Gasteiger partial charge in [-0.2, -0.15) is 0 Å². The average molecular weight is 221 g/mol. The van der Waals surface area contributed by atoms with Gasteiger partial charge in [-0.05, 0) is 12.8 Å². The highest BCUT2D eigenvalue weighted by atomic mass is 79.9. The van der Waals surface area contributed by atoms with Gasteiger partial charge in [0, 0.05) is 42.2 Å². The van der Waals surface area contributed by atoms with Crippen molar-refractivity contribution in [2.75, 3.05) is 13.1 Å². The Hall–Kier alpha value is -0.0900. The standard InChI is InChI=1S/C7H13BrN2O/c1-6(11)9-7-2-4-10(8)5-3-7/h7H,2-5H2,1H3,(H,9,11). The zero-order valence-electron chi connectivity index (χ0n) is 6.64. The first-order chi connectivity index (χ1) is 5.18. The van der Waals surface area contributed by atoms with E-state index in [1.54, 1.807) is 6.92 Å². The van der Waals surface area contributed by atoms with Crippen LogP contribution in [-0.2, 0) is 4.79 Å². The van der Waals surface area contributed by atoms with Crippen LogP contribution in [-0.4, -0.2) is 29.0 Å². The predicted molar refractivity (Wildman–Crippen MR) is 47.3 cm³/mol. The summed E-state index contributed by atoms with van der Waals surface area (Å²) in [5, 5.41) is 2.92. The SMILES string of the molecule is CC(=O)NC1CCN(Br)CC1. The topological polar surface area (TPSA) is 32.3 Å². The predicted octanol–water partition coefficient (Wildman–Crippen LogP) is 0.897. The highest BCUT2D eigenvalue weighted by Crippen LogP contribution is 2.12. The lowest BCUT2D eigenvalue weighted by Crippen LogP contribution is -2.40. The van der Waals surface area contributed by atoms with Crippen LogP contribution in [0.5, 0.6) is 0 Å². The van der Waals surface area contributed by atoms with Crippen molar-refractivity contribution in [1.82, 2.24) is 9.24 Å². The van der Waals surface area contributed by atoms with E-state index in [4.69, 9.17) is 0 Å². The monoisotopic (exact) mass is 220 g/mol. The van der Waals surface area contributed by atoms with Crippen LogP contribution >= 0.6 is 16.1 Å². The fourth-order valence-corrected chi connectivity index (χ4v) is 1.69. The summed E-state index contributed by atoms with van der Waals surface area (Å²) >= 11 is 3.40. The van der Waals surface area contributed by atoms with Crippen LogP contribution in [0, 0.1) is 0 Å². The van der Waals surface area contributed by atoms with Crippen molar-refractivity contribution >= 4 is 22.1 Å². The van der Waals surface area contributed by atoms with Gasteiger partial charge in [-0.1, -0.05) is 0 Å². The van der Waals surface area contributed by atoms with Crippen LogP contribution in [0.4, 0.5) is 0 Å². The molecule has 11 heavy (non-hydrogen) atoms. The maximum Gasteiger partial charge on any atom is 0.217 e. The average Bonchev–Trinajstić information content (AvgIpc) is 1.93. The molecule has 1 N–H and O–H groups in total. The number of hydrogen-bond acceptors (Lipinski definition) is 2. The molecule has 1 rings (SSSR count). The number of piperidine rings is 1. The largest absolute Gasteiger partial charge is 0.354 e. The smallest absolute Gasteiger partial charge is 0.217 e. The summed E-state index contributed by atoms with van der Waals surface area (Å²) in [5.74, 6) is 0.0815. The number of carbonyl (C=O) groups is 1. The molecular weight excluding hydrogens is 208 g/mol. The third kappa shape index (κ3) is 3.20. The number of nitrogens with zero attached hydrogens (tertiary/aromatic N) is 1. The zero-order chi connectivity index (χ0) is 8.27. The number of rotatable bonds is 1. The van der Waals surface area contributed by atoms with Gasteiger partial charge in [0.15, 0.2) is 0 Å². The van der Waals surface area contributed by atoms with E-state index in [0.717, 1.165) is 25.9 Å². The molecule has 0 atom stereocenters. The first kappa shape index (κ1) is 9.00. The van der Waals surface area contributed by atoms with E-state index < -0.39 is 0 Å². The molecule has 1 aliphatic rings. The molecule has 3 nitrogen and oxygen atoms in total. The van der Waals surface area contributed by atoms with Crippen LogP contribution in [0.15, 0.2) is 0 Å². The molecule has 1 fully saturated rings. The molecule has 0 saturated carbocycles. The van der Waals surface area contributed by atoms with Crippen molar-refractivity contribution in [3.63, 3.8) is 0 Å². The number of halogens is 1. The second-order valence-corrected chi connectivity index (χ2v) is 3.89. The third-order valence-electron chi connectivity index (χ3n) is 1.85. The second kappa shape index (κ2) is 4.07. The fraction of sp³-hybridized carbons (Fsp3) is 0.857. The van der Waals surface area contributed by atoms with Crippen LogP contribution in [0.1, 0.15) is 19.8 Å². The van der Waals surface area contributed by atoms with Gasteiger partial charge in [-0.25, -0.2) is 3.93 Å². The van der Waals surface area contributed by atoms with Crippen molar-refractivity contribution in [3.8, 4) is 0 Å². The van der Waals surface area contributed by atoms with E-state index in [9.17, 15) is 4.79 Å². The molecule has 0 aromatic carbocycles. The normalized spacial score (nSPS) is 21.6. The second-order valence-electron chi connectivity index (χ2n) is 2.88. The number of amides is 1. The molecule has 0 spiro atoms. The van der Waals surface area contributed by atoms with E-state index in [1.165, 1.54) is 0 Å². The Bertz CT molecular complexity index is 143. The molecule has 0 bridgehead atoms. The molecule has 0 aliphatic carbocycles. The van der Waals surface area contributed by atoms with E-state index in [-0.39, 0.29) is 5.91 Å². The Morgan fingerprint density at radius 3 is 2.55 bits per heavy atom. The van der Waals surface area contributed by atoms with E-state index in [0.29, 0.717) is 6.04 Å². The Balaban J connectivity index is 2.22. The van der Waals surface area contributed by atoms with Crippen molar-refractivity contribution in [2.24, 2.45) is 0 Å². The minimum atomic E-state index is 0.0815. The van der Waals surface area contributed by atoms with Gasteiger partial charge in [-0.3, -0.25) is 4.79 Å². The van der Waals surface area contributed by atoms with Crippen LogP contribution in [0.25, 0.3) is 0 Å². The van der Waals surface area contributed by atoms with Crippen LogP contribution < -0.4 is 5.32 Å². The molecular formula is C7H13BrN2O. The molecule has 0 radical (unpaired) electrons. The van der Waals surface area contributed by atoms with Gasteiger partial charge in [0.05, 0.1) is 0 Å². The van der Waals surface area contributed by atoms with Crippen molar-refractivity contribution < 1.29 is 4.79 Å². The van der Waals surface area contributed by atoms with Crippen LogP contribution in [0.3, 0.4) is 0 Å². The minimum Gasteiger partial charge on any atom is -0.354 e. The van der Waals surface area contributed by atoms with Crippen LogP contribution in [0.2, 0.25) is 0 Å². The molecule has 0 aromatic heterocycles. The first-order valence-corrected chi connectivity index (χ1v) is 4.57. The Morgan fingerprint density at radius 2 is 2.09 bits per heavy atom. The number of carbonyl (C=O) groups excluding carboxylic acids is 1. The lowest BCUT2D eigenvalue weighted by Gasteiger charge is -2.27. The molecule has 1 saturated heterocycles. The van der Waals surface area contributed by atoms with Gasteiger partial charge in [0.1, 0.15) is 0 Å². The summed E-state index contributed by atoms with van der Waals surface area (Å²) in [5.41, 5.74) is 0. The van der Waals surface area contributed by atoms with E-state index >= 15 is 0 Å². The minimum absolute atomic E-state index is 0.0815. The Labute approximate surface area is 75.5 Å². The van der Waals surface area contributed by atoms with Gasteiger partial charge in [0.2, 0.25) is 5.91 Å². The molecule has 64 valence electrons. The number of hydrogen-bond donors (Lipinski definition) is 1. The molecule has 0 unspecified atom stereocenters. The summed E-state index contributed by atoms with van der Waals surface area (Å²) in [6.45, 7) is 3.61. The van der Waals surface area contributed by atoms with E-state index in [2.05, 4.69) is 25.4 Å². The molecule has 1 amide bonds. The molecule has 4 heteroatoms. The summed E-state index contributed by atoms with van der Waals surface area (Å²) in [4.78, 5) is 10.7. The molecule has 1 heterocycles. The van der Waals surface area contributed by atoms with Gasteiger partial charge in [-0.15, -0.1) is 0 Å². The summed E-state index contributed by atoms with van der Waals surface area (Å²) in [7, 11) is 0. The fourth-order valence-electron chi connectivity index (χ4n) is 1.28. The first-order valence-electron chi connectivity index (χ1n) is 3.86. The highest BCUT2D eigenvalue weighted by Gasteiger charge is 2.17. The lowest BCUT2D eigenvalue weighted by molar-refractivity contribution is -0.119. The Kier molecular flexibility index (Phi) is 3.33. The highest BCUT2D eigenvalue weighted by molar-refractivity contribution is 9.07. The van der Waals surface area contributed by atoms with Gasteiger partial charge < -0.3 is 5.32 Å².